The molecule has 0 saturated heterocycles. The second kappa shape index (κ2) is 11.6. The Hall–Kier alpha value is -1.21. The van der Waals surface area contributed by atoms with Crippen LogP contribution in [0.15, 0.2) is 46.9 Å². The summed E-state index contributed by atoms with van der Waals surface area (Å²) in [7, 11) is 0. The van der Waals surface area contributed by atoms with Gasteiger partial charge in [0.05, 0.1) is 5.75 Å². The highest BCUT2D eigenvalue weighted by Crippen LogP contribution is 2.25. The monoisotopic (exact) mass is 544 g/mol. The number of rotatable bonds is 8. The fourth-order valence-corrected chi connectivity index (χ4v) is 4.77. The molecule has 4 nitrogen and oxygen atoms in total. The van der Waals surface area contributed by atoms with Crippen molar-refractivity contribution >= 4 is 62.7 Å². The molecule has 0 heterocycles. The highest BCUT2D eigenvalue weighted by atomic mass is 79.9. The third-order valence-corrected chi connectivity index (χ3v) is 6.45. The van der Waals surface area contributed by atoms with Crippen LogP contribution in [0.25, 0.3) is 0 Å². The van der Waals surface area contributed by atoms with E-state index in [-0.39, 0.29) is 23.1 Å². The van der Waals surface area contributed by atoms with Crippen molar-refractivity contribution in [2.45, 2.75) is 51.6 Å². The SMILES string of the molecule is C[C@@H](C(=O)NC(C)(C)C)N(Cc1cccc(Br)c1)C(=O)CSCc1ccc(Cl)cc1Cl. The van der Waals surface area contributed by atoms with Crippen LogP contribution in [-0.2, 0) is 21.9 Å². The fourth-order valence-electron chi connectivity index (χ4n) is 2.86. The number of hydrogen-bond acceptors (Lipinski definition) is 3. The van der Waals surface area contributed by atoms with E-state index < -0.39 is 6.04 Å². The first-order valence-corrected chi connectivity index (χ1v) is 12.5. The van der Waals surface area contributed by atoms with Crippen molar-refractivity contribution in [1.82, 2.24) is 10.2 Å². The summed E-state index contributed by atoms with van der Waals surface area (Å²) in [6.07, 6.45) is 0. The van der Waals surface area contributed by atoms with E-state index in [1.165, 1.54) is 11.8 Å². The third kappa shape index (κ3) is 8.68. The number of amides is 2. The van der Waals surface area contributed by atoms with Gasteiger partial charge in [0, 0.05) is 32.4 Å². The van der Waals surface area contributed by atoms with Gasteiger partial charge in [-0.1, -0.05) is 57.3 Å². The number of hydrogen-bond donors (Lipinski definition) is 1. The predicted molar refractivity (Wildman–Crippen MR) is 135 cm³/mol. The third-order valence-electron chi connectivity index (χ3n) is 4.41. The van der Waals surface area contributed by atoms with Crippen molar-refractivity contribution in [2.75, 3.05) is 5.75 Å². The number of nitrogens with one attached hydrogen (secondary N) is 1. The minimum absolute atomic E-state index is 0.105. The molecule has 0 aromatic heterocycles. The molecule has 0 radical (unpaired) electrons. The van der Waals surface area contributed by atoms with Crippen molar-refractivity contribution < 1.29 is 9.59 Å². The Labute approximate surface area is 207 Å². The zero-order valence-corrected chi connectivity index (χ0v) is 22.0. The zero-order chi connectivity index (χ0) is 23.2. The molecule has 1 atom stereocenters. The van der Waals surface area contributed by atoms with Gasteiger partial charge in [0.2, 0.25) is 11.8 Å². The molecule has 0 fully saturated rings. The highest BCUT2D eigenvalue weighted by molar-refractivity contribution is 9.10. The molecule has 0 unspecified atom stereocenters. The van der Waals surface area contributed by atoms with Crippen LogP contribution in [-0.4, -0.2) is 34.0 Å². The molecule has 0 saturated carbocycles. The molecule has 31 heavy (non-hydrogen) atoms. The number of halogens is 3. The number of carbonyl (C=O) groups excluding carboxylic acids is 2. The van der Waals surface area contributed by atoms with Crippen molar-refractivity contribution in [3.8, 4) is 0 Å². The van der Waals surface area contributed by atoms with E-state index >= 15 is 0 Å². The molecule has 168 valence electrons. The maximum absolute atomic E-state index is 13.1. The Morgan fingerprint density at radius 3 is 2.48 bits per heavy atom. The second-order valence-corrected chi connectivity index (χ2v) is 11.0. The van der Waals surface area contributed by atoms with E-state index in [1.807, 2.05) is 51.1 Å². The normalized spacial score (nSPS) is 12.4. The van der Waals surface area contributed by atoms with Gasteiger partial charge in [0.25, 0.3) is 0 Å². The number of carbonyl (C=O) groups is 2. The van der Waals surface area contributed by atoms with Crippen LogP contribution in [0.4, 0.5) is 0 Å². The summed E-state index contributed by atoms with van der Waals surface area (Å²) in [5.41, 5.74) is 1.49. The highest BCUT2D eigenvalue weighted by Gasteiger charge is 2.28. The van der Waals surface area contributed by atoms with Crippen LogP contribution >= 0.6 is 50.9 Å². The average Bonchev–Trinajstić information content (AvgIpc) is 2.66. The van der Waals surface area contributed by atoms with Gasteiger partial charge < -0.3 is 10.2 Å². The molecule has 0 aliphatic carbocycles. The summed E-state index contributed by atoms with van der Waals surface area (Å²) >= 11 is 17.1. The molecule has 2 amide bonds. The van der Waals surface area contributed by atoms with Crippen LogP contribution < -0.4 is 5.32 Å². The summed E-state index contributed by atoms with van der Waals surface area (Å²) in [4.78, 5) is 27.5. The summed E-state index contributed by atoms with van der Waals surface area (Å²) in [6.45, 7) is 7.87. The topological polar surface area (TPSA) is 49.4 Å². The standard InChI is InChI=1S/C23H27BrCl2N2O2S/c1-15(22(30)27-23(2,3)4)28(12-16-6-5-7-18(24)10-16)21(29)14-31-13-17-8-9-19(25)11-20(17)26/h5-11,15H,12-14H2,1-4H3,(H,27,30)/t15-/m0/s1. The quantitative estimate of drug-likeness (QED) is 0.422. The predicted octanol–water partition coefficient (Wildman–Crippen LogP) is 6.32. The number of nitrogens with zero attached hydrogens (tertiary/aromatic N) is 1. The van der Waals surface area contributed by atoms with Crippen molar-refractivity contribution in [2.24, 2.45) is 0 Å². The lowest BCUT2D eigenvalue weighted by Crippen LogP contribution is -2.52. The van der Waals surface area contributed by atoms with Crippen molar-refractivity contribution in [1.29, 1.82) is 0 Å². The van der Waals surface area contributed by atoms with Crippen molar-refractivity contribution in [3.05, 3.63) is 68.1 Å². The zero-order valence-electron chi connectivity index (χ0n) is 18.0. The number of thioether (sulfide) groups is 1. The Balaban J connectivity index is 2.11. The molecule has 2 aromatic carbocycles. The summed E-state index contributed by atoms with van der Waals surface area (Å²) in [6, 6.07) is 12.5. The van der Waals surface area contributed by atoms with E-state index in [1.54, 1.807) is 24.0 Å². The van der Waals surface area contributed by atoms with Gasteiger partial charge in [0.1, 0.15) is 6.04 Å². The van der Waals surface area contributed by atoms with Gasteiger partial charge in [-0.25, -0.2) is 0 Å². The lowest BCUT2D eigenvalue weighted by molar-refractivity contribution is -0.139. The van der Waals surface area contributed by atoms with Gasteiger partial charge in [-0.2, -0.15) is 0 Å². The maximum Gasteiger partial charge on any atom is 0.242 e. The van der Waals surface area contributed by atoms with Crippen LogP contribution in [0.2, 0.25) is 10.0 Å². The van der Waals surface area contributed by atoms with Crippen molar-refractivity contribution in [3.63, 3.8) is 0 Å². The molecule has 0 bridgehead atoms. The molecule has 0 spiro atoms. The second-order valence-electron chi connectivity index (χ2n) is 8.30. The largest absolute Gasteiger partial charge is 0.350 e. The van der Waals surface area contributed by atoms with Gasteiger partial charge in [0.15, 0.2) is 0 Å². The molecule has 1 N–H and O–H groups in total. The first kappa shape index (κ1) is 26.0. The molecule has 2 aromatic rings. The van der Waals surface area contributed by atoms with E-state index in [4.69, 9.17) is 23.2 Å². The lowest BCUT2D eigenvalue weighted by atomic mass is 10.1. The molecular weight excluding hydrogens is 519 g/mol. The van der Waals surface area contributed by atoms with E-state index in [2.05, 4.69) is 21.2 Å². The van der Waals surface area contributed by atoms with E-state index in [9.17, 15) is 9.59 Å². The van der Waals surface area contributed by atoms with E-state index in [0.29, 0.717) is 22.3 Å². The van der Waals surface area contributed by atoms with Crippen LogP contribution in [0, 0.1) is 0 Å². The van der Waals surface area contributed by atoms with Crippen LogP contribution in [0.1, 0.15) is 38.8 Å². The molecule has 0 aliphatic rings. The summed E-state index contributed by atoms with van der Waals surface area (Å²) < 4.78 is 0.927. The Bertz CT molecular complexity index is 934. The number of benzene rings is 2. The summed E-state index contributed by atoms with van der Waals surface area (Å²) in [5.74, 6) is 0.531. The minimum atomic E-state index is -0.606. The average molecular weight is 546 g/mol. The maximum atomic E-state index is 13.1. The lowest BCUT2D eigenvalue weighted by Gasteiger charge is -2.31. The first-order valence-electron chi connectivity index (χ1n) is 9.84. The first-order chi connectivity index (χ1) is 14.5. The molecule has 8 heteroatoms. The molecule has 2 rings (SSSR count). The van der Waals surface area contributed by atoms with Gasteiger partial charge >= 0.3 is 0 Å². The summed E-state index contributed by atoms with van der Waals surface area (Å²) in [5, 5.41) is 4.12. The van der Waals surface area contributed by atoms with E-state index in [0.717, 1.165) is 15.6 Å². The van der Waals surface area contributed by atoms with Gasteiger partial charge in [-0.3, -0.25) is 9.59 Å². The van der Waals surface area contributed by atoms with Crippen LogP contribution in [0.3, 0.4) is 0 Å². The van der Waals surface area contributed by atoms with Gasteiger partial charge in [-0.05, 0) is 63.1 Å². The minimum Gasteiger partial charge on any atom is -0.350 e. The molecular formula is C23H27BrCl2N2O2S. The Kier molecular flexibility index (Phi) is 9.74. The smallest absolute Gasteiger partial charge is 0.242 e. The van der Waals surface area contributed by atoms with Crippen LogP contribution in [0.5, 0.6) is 0 Å². The Morgan fingerprint density at radius 2 is 1.87 bits per heavy atom. The Morgan fingerprint density at radius 1 is 1.16 bits per heavy atom. The molecule has 0 aliphatic heterocycles. The van der Waals surface area contributed by atoms with Gasteiger partial charge in [-0.15, -0.1) is 11.8 Å². The fraction of sp³-hybridized carbons (Fsp3) is 0.391.